The van der Waals surface area contributed by atoms with E-state index in [2.05, 4.69) is 10.3 Å². The molecule has 1 rings (SSSR count). The molecule has 4 nitrogen and oxygen atoms in total. The zero-order valence-electron chi connectivity index (χ0n) is 5.07. The zero-order chi connectivity index (χ0) is 5.98. The summed E-state index contributed by atoms with van der Waals surface area (Å²) in [5.74, 6) is 0. The van der Waals surface area contributed by atoms with E-state index in [1.165, 1.54) is 4.80 Å². The van der Waals surface area contributed by atoms with E-state index in [9.17, 15) is 0 Å². The second-order valence-electron chi connectivity index (χ2n) is 1.57. The lowest BCUT2D eigenvalue weighted by Gasteiger charge is -1.77. The normalized spacial score (nSPS) is 9.75. The summed E-state index contributed by atoms with van der Waals surface area (Å²) >= 11 is 0. The van der Waals surface area contributed by atoms with Crippen molar-refractivity contribution in [3.63, 3.8) is 0 Å². The van der Waals surface area contributed by atoms with Gasteiger partial charge in [-0.05, 0) is 11.7 Å². The van der Waals surface area contributed by atoms with Crippen LogP contribution in [0.15, 0.2) is 6.33 Å². The van der Waals surface area contributed by atoms with Crippen LogP contribution in [-0.2, 0) is 13.6 Å². The molecule has 0 aliphatic heterocycles. The Kier molecular flexibility index (Phi) is 1.24. The number of aryl methyl sites for hydroxylation is 2. The fourth-order valence-electron chi connectivity index (χ4n) is 0.492. The van der Waals surface area contributed by atoms with Gasteiger partial charge >= 0.3 is 0 Å². The molecule has 1 heterocycles. The maximum absolute atomic E-state index is 3.95. The van der Waals surface area contributed by atoms with E-state index >= 15 is 0 Å². The number of hydrogen-bond donors (Lipinski definition) is 0. The van der Waals surface area contributed by atoms with Crippen LogP contribution in [0.1, 0.15) is 6.92 Å². The summed E-state index contributed by atoms with van der Waals surface area (Å²) in [4.78, 5) is 1.53. The zero-order valence-corrected chi connectivity index (χ0v) is 5.07. The van der Waals surface area contributed by atoms with Crippen molar-refractivity contribution < 1.29 is 4.68 Å². The van der Waals surface area contributed by atoms with Crippen LogP contribution in [0.2, 0.25) is 0 Å². The molecule has 0 aliphatic rings. The maximum Gasteiger partial charge on any atom is 0.286 e. The second-order valence-corrected chi connectivity index (χ2v) is 1.57. The molecule has 0 spiro atoms. The smallest absolute Gasteiger partial charge is 0.140 e. The van der Waals surface area contributed by atoms with Crippen molar-refractivity contribution in [1.29, 1.82) is 0 Å². The summed E-state index contributed by atoms with van der Waals surface area (Å²) in [7, 11) is 1.80. The van der Waals surface area contributed by atoms with Gasteiger partial charge in [0.1, 0.15) is 7.05 Å². The quantitative estimate of drug-likeness (QED) is 0.443. The Morgan fingerprint density at radius 3 is 2.75 bits per heavy atom. The van der Waals surface area contributed by atoms with Crippen molar-refractivity contribution in [2.45, 2.75) is 13.5 Å². The molecule has 0 bridgehead atoms. The van der Waals surface area contributed by atoms with Crippen LogP contribution in [-0.4, -0.2) is 15.1 Å². The highest BCUT2D eigenvalue weighted by molar-refractivity contribution is 4.18. The largest absolute Gasteiger partial charge is 0.286 e. The van der Waals surface area contributed by atoms with Crippen molar-refractivity contribution in [3.8, 4) is 0 Å². The van der Waals surface area contributed by atoms with Crippen LogP contribution in [0.3, 0.4) is 0 Å². The van der Waals surface area contributed by atoms with Gasteiger partial charge < -0.3 is 0 Å². The molecule has 0 unspecified atom stereocenters. The molecule has 0 atom stereocenters. The van der Waals surface area contributed by atoms with Crippen molar-refractivity contribution in [3.05, 3.63) is 6.33 Å². The van der Waals surface area contributed by atoms with Gasteiger partial charge in [0.05, 0.1) is 16.9 Å². The standard InChI is InChI=1S/C4H9N4/c1-3-8-4-5-7(2)6-8/h4H,3H2,1-2H3/q+1. The highest BCUT2D eigenvalue weighted by atomic mass is 15.6. The first-order chi connectivity index (χ1) is 3.83. The van der Waals surface area contributed by atoms with Crippen LogP contribution >= 0.6 is 0 Å². The Labute approximate surface area is 47.7 Å². The summed E-state index contributed by atoms with van der Waals surface area (Å²) < 4.78 is 1.76. The summed E-state index contributed by atoms with van der Waals surface area (Å²) in [6.07, 6.45) is 1.69. The van der Waals surface area contributed by atoms with Crippen LogP contribution in [0, 0.1) is 0 Å². The predicted octanol–water partition coefficient (Wildman–Crippen LogP) is -0.878. The molecule has 4 heteroatoms. The second kappa shape index (κ2) is 1.90. The van der Waals surface area contributed by atoms with Gasteiger partial charge in [-0.25, -0.2) is 0 Å². The van der Waals surface area contributed by atoms with E-state index in [0.717, 1.165) is 6.54 Å². The van der Waals surface area contributed by atoms with E-state index < -0.39 is 0 Å². The SMILES string of the molecule is CC[n+]1cnn(C)n1. The third kappa shape index (κ3) is 0.828. The lowest BCUT2D eigenvalue weighted by Crippen LogP contribution is -2.34. The first-order valence-corrected chi connectivity index (χ1v) is 2.59. The third-order valence-electron chi connectivity index (χ3n) is 0.920. The van der Waals surface area contributed by atoms with Gasteiger partial charge in [0.2, 0.25) is 0 Å². The van der Waals surface area contributed by atoms with Crippen LogP contribution in [0.4, 0.5) is 0 Å². The number of hydrogen-bond acceptors (Lipinski definition) is 2. The summed E-state index contributed by atoms with van der Waals surface area (Å²) in [6, 6.07) is 0. The van der Waals surface area contributed by atoms with Gasteiger partial charge in [-0.3, -0.25) is 0 Å². The first kappa shape index (κ1) is 5.21. The van der Waals surface area contributed by atoms with Gasteiger partial charge in [0.25, 0.3) is 6.33 Å². The summed E-state index contributed by atoms with van der Waals surface area (Å²) in [5.41, 5.74) is 0. The third-order valence-corrected chi connectivity index (χ3v) is 0.920. The van der Waals surface area contributed by atoms with Crippen LogP contribution in [0.5, 0.6) is 0 Å². The minimum absolute atomic E-state index is 0.883. The topological polar surface area (TPSA) is 34.6 Å². The number of aromatic nitrogens is 4. The van der Waals surface area contributed by atoms with E-state index in [1.54, 1.807) is 18.1 Å². The summed E-state index contributed by atoms with van der Waals surface area (Å²) in [5, 5.41) is 7.81. The molecule has 0 saturated heterocycles. The lowest BCUT2D eigenvalue weighted by atomic mass is 10.8. The molecule has 8 heavy (non-hydrogen) atoms. The number of nitrogens with zero attached hydrogens (tertiary/aromatic N) is 4. The van der Waals surface area contributed by atoms with Gasteiger partial charge in [0.15, 0.2) is 0 Å². The molecular formula is C4H9N4+. The van der Waals surface area contributed by atoms with Crippen molar-refractivity contribution in [1.82, 2.24) is 15.1 Å². The Hall–Kier alpha value is -0.930. The highest BCUT2D eigenvalue weighted by Gasteiger charge is 1.96. The van der Waals surface area contributed by atoms with E-state index in [4.69, 9.17) is 0 Å². The summed E-state index contributed by atoms with van der Waals surface area (Å²) in [6.45, 7) is 2.91. The van der Waals surface area contributed by atoms with Crippen LogP contribution < -0.4 is 4.68 Å². The Bertz CT molecular complexity index is 168. The fraction of sp³-hybridized carbons (Fsp3) is 0.750. The molecule has 1 aromatic rings. The molecule has 0 aromatic carbocycles. The molecule has 0 N–H and O–H groups in total. The van der Waals surface area contributed by atoms with Crippen molar-refractivity contribution in [2.24, 2.45) is 7.05 Å². The monoisotopic (exact) mass is 113 g/mol. The van der Waals surface area contributed by atoms with Crippen LogP contribution in [0.25, 0.3) is 0 Å². The molecule has 0 saturated carbocycles. The molecule has 0 radical (unpaired) electrons. The van der Waals surface area contributed by atoms with E-state index in [-0.39, 0.29) is 0 Å². The Morgan fingerprint density at radius 2 is 2.50 bits per heavy atom. The average Bonchev–Trinajstić information content (AvgIpc) is 2.14. The fourth-order valence-corrected chi connectivity index (χ4v) is 0.492. The minimum atomic E-state index is 0.883. The minimum Gasteiger partial charge on any atom is -0.140 e. The molecule has 1 aromatic heterocycles. The Morgan fingerprint density at radius 1 is 1.75 bits per heavy atom. The first-order valence-electron chi connectivity index (χ1n) is 2.59. The van der Waals surface area contributed by atoms with Gasteiger partial charge in [-0.1, -0.05) is 0 Å². The number of rotatable bonds is 1. The van der Waals surface area contributed by atoms with Gasteiger partial charge in [-0.2, -0.15) is 0 Å². The maximum atomic E-state index is 3.95. The van der Waals surface area contributed by atoms with E-state index in [0.29, 0.717) is 0 Å². The van der Waals surface area contributed by atoms with Crippen molar-refractivity contribution in [2.75, 3.05) is 0 Å². The average molecular weight is 113 g/mol. The predicted molar refractivity (Wildman–Crippen MR) is 26.9 cm³/mol. The molecule has 0 amide bonds. The molecule has 0 fully saturated rings. The van der Waals surface area contributed by atoms with Gasteiger partial charge in [-0.15, -0.1) is 4.68 Å². The molecular weight excluding hydrogens is 104 g/mol. The molecule has 44 valence electrons. The lowest BCUT2D eigenvalue weighted by molar-refractivity contribution is -0.752. The highest BCUT2D eigenvalue weighted by Crippen LogP contribution is 1.60. The van der Waals surface area contributed by atoms with Gasteiger partial charge in [0, 0.05) is 0 Å². The Balaban J connectivity index is 2.84. The van der Waals surface area contributed by atoms with E-state index in [1.807, 2.05) is 6.92 Å². The molecule has 0 aliphatic carbocycles. The number of tetrazole rings is 1. The van der Waals surface area contributed by atoms with Crippen molar-refractivity contribution >= 4 is 0 Å².